The topological polar surface area (TPSA) is 175 Å². The molecule has 1 aliphatic rings. The molecule has 3 N–H and O–H groups in total. The lowest BCUT2D eigenvalue weighted by atomic mass is 9.98. The number of hydrogen-bond acceptors (Lipinski definition) is 11. The van der Waals surface area contributed by atoms with Crippen molar-refractivity contribution in [2.24, 2.45) is 0 Å². The molecule has 1 aliphatic heterocycles. The summed E-state index contributed by atoms with van der Waals surface area (Å²) >= 11 is 0. The Balaban J connectivity index is 2.72. The molecular weight excluding hydrogens is 901 g/mol. The van der Waals surface area contributed by atoms with Gasteiger partial charge in [0.25, 0.3) is 0 Å². The highest BCUT2D eigenvalue weighted by Gasteiger charge is 2.50. The maximum absolute atomic E-state index is 13.1. The highest BCUT2D eigenvalue weighted by Crippen LogP contribution is 2.26. The minimum absolute atomic E-state index is 0.0290. The average molecular weight is 999 g/mol. The Labute approximate surface area is 429 Å². The van der Waals surface area contributed by atoms with Crippen LogP contribution in [0, 0.1) is 0 Å². The molecule has 0 bridgehead atoms. The maximum atomic E-state index is 13.1. The van der Waals surface area contributed by atoms with Crippen LogP contribution in [-0.4, -0.2) is 89.2 Å². The van der Waals surface area contributed by atoms with Gasteiger partial charge in [-0.15, -0.1) is 0 Å². The number of carbonyl (C=O) groups excluding carboxylic acids is 3. The predicted octanol–water partition coefficient (Wildman–Crippen LogP) is 13.8. The minimum Gasteiger partial charge on any atom is -0.479 e. The maximum Gasteiger partial charge on any atom is 0.335 e. The van der Waals surface area contributed by atoms with E-state index in [0.717, 1.165) is 128 Å². The van der Waals surface area contributed by atoms with E-state index in [9.17, 15) is 34.5 Å². The van der Waals surface area contributed by atoms with Gasteiger partial charge in [0, 0.05) is 19.3 Å². The third-order valence-corrected chi connectivity index (χ3v) is 12.2. The third-order valence-electron chi connectivity index (χ3n) is 12.2. The number of aliphatic carboxylic acids is 1. The number of ether oxygens (including phenoxy) is 5. The first-order chi connectivity index (χ1) is 34.6. The fourth-order valence-corrected chi connectivity index (χ4v) is 7.92. The molecule has 1 heterocycles. The summed E-state index contributed by atoms with van der Waals surface area (Å²) in [6.45, 7) is 5.78. The molecular formula is C59H98O12. The molecule has 0 aliphatic carbocycles. The van der Waals surface area contributed by atoms with Crippen molar-refractivity contribution in [1.82, 2.24) is 0 Å². The van der Waals surface area contributed by atoms with E-state index in [4.69, 9.17) is 23.7 Å². The second kappa shape index (κ2) is 47.2. The summed E-state index contributed by atoms with van der Waals surface area (Å²) in [4.78, 5) is 50.9. The van der Waals surface area contributed by atoms with Crippen LogP contribution >= 0.6 is 0 Å². The number of carbonyl (C=O) groups is 4. The largest absolute Gasteiger partial charge is 0.479 e. The molecule has 12 heteroatoms. The third kappa shape index (κ3) is 37.6. The van der Waals surface area contributed by atoms with E-state index in [1.807, 2.05) is 0 Å². The van der Waals surface area contributed by atoms with Crippen LogP contribution in [0.2, 0.25) is 0 Å². The lowest BCUT2D eigenvalue weighted by molar-refractivity contribution is -0.301. The molecule has 0 saturated carbocycles. The number of allylic oxidation sites excluding steroid dienone is 12. The molecule has 1 saturated heterocycles. The van der Waals surface area contributed by atoms with E-state index < -0.39 is 67.3 Å². The summed E-state index contributed by atoms with van der Waals surface area (Å²) in [6, 6.07) is 0. The van der Waals surface area contributed by atoms with Crippen LogP contribution in [0.15, 0.2) is 72.9 Å². The predicted molar refractivity (Wildman–Crippen MR) is 285 cm³/mol. The van der Waals surface area contributed by atoms with Gasteiger partial charge in [-0.1, -0.05) is 177 Å². The van der Waals surface area contributed by atoms with Gasteiger partial charge in [0.05, 0.1) is 6.61 Å². The molecule has 0 amide bonds. The lowest BCUT2D eigenvalue weighted by Gasteiger charge is -2.40. The van der Waals surface area contributed by atoms with Gasteiger partial charge in [-0.2, -0.15) is 0 Å². The smallest absolute Gasteiger partial charge is 0.335 e. The molecule has 1 rings (SSSR count). The fraction of sp³-hybridized carbons (Fsp3) is 0.729. The van der Waals surface area contributed by atoms with E-state index in [-0.39, 0.29) is 25.9 Å². The van der Waals surface area contributed by atoms with Gasteiger partial charge in [-0.25, -0.2) is 4.79 Å². The highest BCUT2D eigenvalue weighted by molar-refractivity contribution is 5.74. The van der Waals surface area contributed by atoms with Crippen molar-refractivity contribution in [1.29, 1.82) is 0 Å². The molecule has 0 aromatic rings. The van der Waals surface area contributed by atoms with Crippen molar-refractivity contribution in [2.75, 3.05) is 13.2 Å². The second-order valence-electron chi connectivity index (χ2n) is 18.8. The molecule has 0 aromatic carbocycles. The van der Waals surface area contributed by atoms with E-state index in [1.165, 1.54) is 38.5 Å². The summed E-state index contributed by atoms with van der Waals surface area (Å²) in [7, 11) is 0. The first kappa shape index (κ1) is 65.2. The van der Waals surface area contributed by atoms with Crippen LogP contribution in [0.5, 0.6) is 0 Å². The standard InChI is InChI=1S/C59H98O12/c1-4-7-10-13-16-19-22-24-25-26-27-29-32-35-38-41-44-47-53(62)70-57-55(64)54(63)56(58(65)66)71-59(57)68-49-50(69-52(61)46-43-40-37-34-30-21-18-15-12-9-6-3)48-67-51(60)45-42-39-36-33-31-28-23-20-17-14-11-8-5-2/h7,10,15-16,18-20,23-25,27,29,50,54-57,59,63-64H,4-6,8-9,11-14,17,21-22,26,28,30-49H2,1-3H3,(H,65,66)/b10-7-,18-15-,19-16-,23-20-,25-24-,29-27-. The normalized spacial score (nSPS) is 19.0. The molecule has 0 radical (unpaired) electrons. The van der Waals surface area contributed by atoms with Crippen LogP contribution in [0.25, 0.3) is 0 Å². The Hall–Kier alpha value is -3.84. The molecule has 0 aromatic heterocycles. The first-order valence-electron chi connectivity index (χ1n) is 27.9. The average Bonchev–Trinajstić information content (AvgIpc) is 3.35. The number of rotatable bonds is 46. The van der Waals surface area contributed by atoms with Gasteiger partial charge < -0.3 is 39.0 Å². The monoisotopic (exact) mass is 999 g/mol. The Morgan fingerprint density at radius 1 is 0.479 bits per heavy atom. The molecule has 6 atom stereocenters. The van der Waals surface area contributed by atoms with Gasteiger partial charge in [0.15, 0.2) is 24.6 Å². The second-order valence-corrected chi connectivity index (χ2v) is 18.8. The van der Waals surface area contributed by atoms with Gasteiger partial charge in [0.2, 0.25) is 0 Å². The Morgan fingerprint density at radius 3 is 1.41 bits per heavy atom. The van der Waals surface area contributed by atoms with Gasteiger partial charge in [0.1, 0.15) is 18.8 Å². The zero-order valence-electron chi connectivity index (χ0n) is 44.4. The number of aliphatic hydroxyl groups excluding tert-OH is 2. The Bertz CT molecular complexity index is 1510. The van der Waals surface area contributed by atoms with Crippen LogP contribution in [-0.2, 0) is 42.9 Å². The summed E-state index contributed by atoms with van der Waals surface area (Å²) < 4.78 is 28.3. The number of carboxylic acid groups (broad SMARTS) is 1. The van der Waals surface area contributed by atoms with Gasteiger partial charge in [-0.3, -0.25) is 14.4 Å². The van der Waals surface area contributed by atoms with Crippen molar-refractivity contribution < 1.29 is 58.2 Å². The lowest BCUT2D eigenvalue weighted by Crippen LogP contribution is -2.61. The number of hydrogen-bond donors (Lipinski definition) is 3. The fourth-order valence-electron chi connectivity index (χ4n) is 7.92. The zero-order valence-corrected chi connectivity index (χ0v) is 44.4. The van der Waals surface area contributed by atoms with Crippen molar-refractivity contribution in [3.05, 3.63) is 72.9 Å². The van der Waals surface area contributed by atoms with E-state index in [2.05, 4.69) is 93.7 Å². The number of aliphatic hydroxyl groups is 2. The highest BCUT2D eigenvalue weighted by atomic mass is 16.7. The molecule has 406 valence electrons. The van der Waals surface area contributed by atoms with Crippen molar-refractivity contribution in [3.8, 4) is 0 Å². The van der Waals surface area contributed by atoms with E-state index in [0.29, 0.717) is 19.3 Å². The quantitative estimate of drug-likeness (QED) is 0.0228. The molecule has 0 spiro atoms. The van der Waals surface area contributed by atoms with E-state index in [1.54, 1.807) is 0 Å². The van der Waals surface area contributed by atoms with Crippen molar-refractivity contribution >= 4 is 23.9 Å². The molecule has 12 nitrogen and oxygen atoms in total. The molecule has 71 heavy (non-hydrogen) atoms. The zero-order chi connectivity index (χ0) is 51.8. The van der Waals surface area contributed by atoms with Crippen molar-refractivity contribution in [2.45, 2.75) is 263 Å². The molecule has 1 fully saturated rings. The van der Waals surface area contributed by atoms with Gasteiger partial charge in [-0.05, 0) is 103 Å². The summed E-state index contributed by atoms with van der Waals surface area (Å²) in [6.07, 6.45) is 45.9. The molecule has 6 unspecified atom stereocenters. The van der Waals surface area contributed by atoms with Crippen LogP contribution in [0.3, 0.4) is 0 Å². The number of unbranched alkanes of at least 4 members (excludes halogenated alkanes) is 20. The first-order valence-corrected chi connectivity index (χ1v) is 27.9. The minimum atomic E-state index is -1.91. The van der Waals surface area contributed by atoms with Crippen LogP contribution in [0.1, 0.15) is 226 Å². The summed E-state index contributed by atoms with van der Waals surface area (Å²) in [5.74, 6) is -3.18. The Morgan fingerprint density at radius 2 is 0.901 bits per heavy atom. The van der Waals surface area contributed by atoms with Crippen LogP contribution in [0.4, 0.5) is 0 Å². The van der Waals surface area contributed by atoms with Crippen LogP contribution < -0.4 is 0 Å². The number of esters is 3. The summed E-state index contributed by atoms with van der Waals surface area (Å²) in [5.41, 5.74) is 0. The number of carboxylic acids is 1. The van der Waals surface area contributed by atoms with Gasteiger partial charge >= 0.3 is 23.9 Å². The SMILES string of the molecule is CC/C=C\C/C=C\C/C=C\C/C=C\CCCCCCC(=O)OC1C(OCC(COC(=O)CCCCCCC/C=C\CCCCCC)OC(=O)CCCCCCC/C=C\CCCC)OC(C(=O)O)C(O)C1O. The van der Waals surface area contributed by atoms with Crippen molar-refractivity contribution in [3.63, 3.8) is 0 Å². The Kier molecular flexibility index (Phi) is 43.3. The van der Waals surface area contributed by atoms with E-state index >= 15 is 0 Å². The summed E-state index contributed by atoms with van der Waals surface area (Å²) in [5, 5.41) is 31.4.